The zero-order valence-corrected chi connectivity index (χ0v) is 9.97. The molecular weight excluding hydrogens is 245 g/mol. The summed E-state index contributed by atoms with van der Waals surface area (Å²) in [4.78, 5) is 11.2. The number of nitrogens with one attached hydrogen (secondary N) is 1. The Morgan fingerprint density at radius 3 is 2.88 bits per heavy atom. The third-order valence-corrected chi connectivity index (χ3v) is 2.73. The quantitative estimate of drug-likeness (QED) is 0.639. The smallest absolute Gasteiger partial charge is 0.179 e. The molecule has 0 aliphatic carbocycles. The van der Waals surface area contributed by atoms with Crippen LogP contribution in [0.15, 0.2) is 6.07 Å². The number of rotatable bonds is 5. The van der Waals surface area contributed by atoms with E-state index in [4.69, 9.17) is 16.7 Å². The van der Waals surface area contributed by atoms with Crippen molar-refractivity contribution in [1.29, 1.82) is 0 Å². The molecule has 0 aliphatic rings. The number of alkyl halides is 1. The fourth-order valence-corrected chi connectivity index (χ4v) is 1.96. The molecule has 0 spiro atoms. The lowest BCUT2D eigenvalue weighted by Crippen LogP contribution is -1.91. The molecule has 0 unspecified atom stereocenters. The number of aliphatic hydroxyl groups is 1. The highest BCUT2D eigenvalue weighted by atomic mass is 35.5. The Morgan fingerprint density at radius 1 is 1.35 bits per heavy atom. The minimum absolute atomic E-state index is 0.169. The molecule has 2 rings (SSSR count). The molecular formula is C11H13ClFN3O. The van der Waals surface area contributed by atoms with Crippen LogP contribution in [0.1, 0.15) is 24.2 Å². The monoisotopic (exact) mass is 257 g/mol. The number of fused-ring (bicyclic) bond motifs is 1. The van der Waals surface area contributed by atoms with Gasteiger partial charge in [0.15, 0.2) is 5.65 Å². The third kappa shape index (κ3) is 2.73. The first kappa shape index (κ1) is 12.3. The van der Waals surface area contributed by atoms with Gasteiger partial charge in [0, 0.05) is 0 Å². The molecule has 4 nitrogen and oxygen atoms in total. The number of aryl methyl sites for hydroxylation is 1. The average Bonchev–Trinajstić information content (AvgIpc) is 2.72. The summed E-state index contributed by atoms with van der Waals surface area (Å²) in [5, 5.41) is 9.37. The minimum atomic E-state index is -0.313. The number of nitrogens with zero attached hydrogens (tertiary/aromatic N) is 2. The fourth-order valence-electron chi connectivity index (χ4n) is 1.75. The van der Waals surface area contributed by atoms with Gasteiger partial charge in [-0.25, -0.2) is 9.97 Å². The van der Waals surface area contributed by atoms with Gasteiger partial charge in [0.05, 0.1) is 12.2 Å². The first-order valence-electron chi connectivity index (χ1n) is 5.45. The van der Waals surface area contributed by atoms with Crippen LogP contribution in [-0.2, 0) is 13.0 Å². The van der Waals surface area contributed by atoms with Gasteiger partial charge in [0.25, 0.3) is 0 Å². The Kier molecular flexibility index (Phi) is 3.91. The van der Waals surface area contributed by atoms with Crippen molar-refractivity contribution in [1.82, 2.24) is 15.0 Å². The third-order valence-electron chi connectivity index (χ3n) is 2.54. The maximum atomic E-state index is 12.1. The Hall–Kier alpha value is -1.20. The predicted octanol–water partition coefficient (Wildman–Crippen LogP) is 2.40. The molecule has 2 heterocycles. The molecule has 0 atom stereocenters. The number of imidazole rings is 1. The van der Waals surface area contributed by atoms with Crippen LogP contribution in [0.5, 0.6) is 0 Å². The fraction of sp³-hybridized carbons (Fsp3) is 0.455. The lowest BCUT2D eigenvalue weighted by Gasteiger charge is -2.02. The number of aliphatic hydroxyl groups excluding tert-OH is 1. The van der Waals surface area contributed by atoms with E-state index in [2.05, 4.69) is 15.0 Å². The maximum Gasteiger partial charge on any atom is 0.179 e. The van der Waals surface area contributed by atoms with Crippen molar-refractivity contribution in [2.24, 2.45) is 0 Å². The summed E-state index contributed by atoms with van der Waals surface area (Å²) in [6.07, 6.45) is 2.00. The lowest BCUT2D eigenvalue weighted by atomic mass is 10.1. The molecule has 0 saturated carbocycles. The molecule has 0 radical (unpaired) electrons. The van der Waals surface area contributed by atoms with Crippen LogP contribution < -0.4 is 0 Å². The lowest BCUT2D eigenvalue weighted by molar-refractivity contribution is 0.273. The first-order valence-corrected chi connectivity index (χ1v) is 5.83. The van der Waals surface area contributed by atoms with Crippen LogP contribution in [0.3, 0.4) is 0 Å². The van der Waals surface area contributed by atoms with Crippen molar-refractivity contribution >= 4 is 22.8 Å². The molecule has 0 saturated heterocycles. The molecule has 2 aromatic heterocycles. The molecule has 92 valence electrons. The van der Waals surface area contributed by atoms with Crippen LogP contribution in [0.4, 0.5) is 4.39 Å². The average molecular weight is 258 g/mol. The van der Waals surface area contributed by atoms with E-state index in [1.54, 1.807) is 6.07 Å². The molecule has 0 aliphatic heterocycles. The van der Waals surface area contributed by atoms with E-state index >= 15 is 0 Å². The van der Waals surface area contributed by atoms with Crippen molar-refractivity contribution in [3.8, 4) is 0 Å². The number of hydrogen-bond donors (Lipinski definition) is 2. The molecule has 0 aromatic carbocycles. The highest BCUT2D eigenvalue weighted by Crippen LogP contribution is 2.21. The SMILES string of the molecule is OCc1nc2nc(Cl)cc(CCCCF)c2[nH]1. The van der Waals surface area contributed by atoms with Crippen molar-refractivity contribution < 1.29 is 9.50 Å². The molecule has 0 fully saturated rings. The van der Waals surface area contributed by atoms with Gasteiger partial charge in [-0.15, -0.1) is 0 Å². The summed E-state index contributed by atoms with van der Waals surface area (Å²) in [6, 6.07) is 1.75. The van der Waals surface area contributed by atoms with Crippen LogP contribution in [0.25, 0.3) is 11.2 Å². The predicted molar refractivity (Wildman–Crippen MR) is 63.7 cm³/mol. The van der Waals surface area contributed by atoms with Gasteiger partial charge in [0.2, 0.25) is 0 Å². The van der Waals surface area contributed by atoms with Gasteiger partial charge in [-0.2, -0.15) is 0 Å². The summed E-state index contributed by atoms with van der Waals surface area (Å²) in [5.74, 6) is 0.460. The standard InChI is InChI=1S/C11H13ClFN3O/c12-8-5-7(3-1-2-4-13)10-11(14-8)16-9(6-17)15-10/h5,17H,1-4,6H2,(H,14,15,16). The van der Waals surface area contributed by atoms with E-state index in [9.17, 15) is 4.39 Å². The second-order valence-corrected chi connectivity index (χ2v) is 4.18. The van der Waals surface area contributed by atoms with E-state index in [0.717, 1.165) is 23.9 Å². The number of aromatic nitrogens is 3. The van der Waals surface area contributed by atoms with Crippen LogP contribution in [-0.4, -0.2) is 26.7 Å². The van der Waals surface area contributed by atoms with Crippen LogP contribution in [0, 0.1) is 0 Å². The highest BCUT2D eigenvalue weighted by molar-refractivity contribution is 6.29. The van der Waals surface area contributed by atoms with Gasteiger partial charge >= 0.3 is 0 Å². The second kappa shape index (κ2) is 5.42. The molecule has 2 aromatic rings. The number of unbranched alkanes of at least 4 members (excludes halogenated alkanes) is 1. The Bertz CT molecular complexity index is 515. The summed E-state index contributed by atoms with van der Waals surface area (Å²) in [5.41, 5.74) is 2.23. The number of aromatic amines is 1. The van der Waals surface area contributed by atoms with Crippen molar-refractivity contribution in [3.05, 3.63) is 22.6 Å². The molecule has 2 N–H and O–H groups in total. The summed E-state index contributed by atoms with van der Waals surface area (Å²) in [6.45, 7) is -0.481. The van der Waals surface area contributed by atoms with Crippen molar-refractivity contribution in [3.63, 3.8) is 0 Å². The Morgan fingerprint density at radius 2 is 2.18 bits per heavy atom. The molecule has 0 amide bonds. The van der Waals surface area contributed by atoms with E-state index in [1.807, 2.05) is 0 Å². The van der Waals surface area contributed by atoms with Gasteiger partial charge < -0.3 is 10.1 Å². The number of pyridine rings is 1. The summed E-state index contributed by atoms with van der Waals surface area (Å²) >= 11 is 5.89. The van der Waals surface area contributed by atoms with E-state index in [-0.39, 0.29) is 13.3 Å². The number of hydrogen-bond acceptors (Lipinski definition) is 3. The number of H-pyrrole nitrogens is 1. The van der Waals surface area contributed by atoms with E-state index in [0.29, 0.717) is 23.0 Å². The maximum absolute atomic E-state index is 12.1. The van der Waals surface area contributed by atoms with E-state index in [1.165, 1.54) is 0 Å². The van der Waals surface area contributed by atoms with Crippen LogP contribution in [0.2, 0.25) is 5.15 Å². The van der Waals surface area contributed by atoms with Gasteiger partial charge in [-0.05, 0) is 30.9 Å². The zero-order chi connectivity index (χ0) is 12.3. The Labute approximate surface area is 103 Å². The van der Waals surface area contributed by atoms with Crippen molar-refractivity contribution in [2.45, 2.75) is 25.9 Å². The molecule has 17 heavy (non-hydrogen) atoms. The molecule has 0 bridgehead atoms. The van der Waals surface area contributed by atoms with Gasteiger partial charge in [0.1, 0.15) is 17.6 Å². The topological polar surface area (TPSA) is 61.8 Å². The zero-order valence-electron chi connectivity index (χ0n) is 9.21. The Balaban J connectivity index is 2.34. The number of halogens is 2. The first-order chi connectivity index (χ1) is 8.24. The largest absolute Gasteiger partial charge is 0.388 e. The van der Waals surface area contributed by atoms with E-state index < -0.39 is 0 Å². The van der Waals surface area contributed by atoms with Gasteiger partial charge in [-0.3, -0.25) is 4.39 Å². The van der Waals surface area contributed by atoms with Crippen molar-refractivity contribution in [2.75, 3.05) is 6.67 Å². The summed E-state index contributed by atoms with van der Waals surface area (Å²) in [7, 11) is 0. The van der Waals surface area contributed by atoms with Crippen LogP contribution >= 0.6 is 11.6 Å². The van der Waals surface area contributed by atoms with Gasteiger partial charge in [-0.1, -0.05) is 11.6 Å². The normalized spacial score (nSPS) is 11.2. The molecule has 6 heteroatoms. The second-order valence-electron chi connectivity index (χ2n) is 3.79. The highest BCUT2D eigenvalue weighted by Gasteiger charge is 2.09. The summed E-state index contributed by atoms with van der Waals surface area (Å²) < 4.78 is 12.1. The minimum Gasteiger partial charge on any atom is -0.388 e.